The van der Waals surface area contributed by atoms with Crippen LogP contribution >= 0.6 is 11.6 Å². The van der Waals surface area contributed by atoms with Gasteiger partial charge in [-0.05, 0) is 38.5 Å². The lowest BCUT2D eigenvalue weighted by atomic mass is 10.2. The van der Waals surface area contributed by atoms with Crippen LogP contribution in [-0.4, -0.2) is 18.6 Å². The standard InChI is InChI=1S/C12H16ClNO2/c1-8(2)16-7-12(15)14-11-5-4-9(3)6-10(11)13/h4-6,8H,7H2,1-3H3,(H,14,15). The maximum atomic E-state index is 11.5. The van der Waals surface area contributed by atoms with Crippen molar-refractivity contribution in [1.82, 2.24) is 0 Å². The predicted molar refractivity (Wildman–Crippen MR) is 65.9 cm³/mol. The molecule has 0 fully saturated rings. The first-order valence-electron chi connectivity index (χ1n) is 5.16. The Morgan fingerprint density at radius 1 is 1.50 bits per heavy atom. The van der Waals surface area contributed by atoms with Crippen molar-refractivity contribution >= 4 is 23.2 Å². The van der Waals surface area contributed by atoms with Crippen LogP contribution in [0.15, 0.2) is 18.2 Å². The van der Waals surface area contributed by atoms with E-state index in [-0.39, 0.29) is 18.6 Å². The lowest BCUT2D eigenvalue weighted by molar-refractivity contribution is -0.121. The first-order chi connectivity index (χ1) is 7.49. The highest BCUT2D eigenvalue weighted by Crippen LogP contribution is 2.22. The molecule has 0 spiro atoms. The Morgan fingerprint density at radius 2 is 2.19 bits per heavy atom. The van der Waals surface area contributed by atoms with Crippen LogP contribution in [0.4, 0.5) is 5.69 Å². The van der Waals surface area contributed by atoms with E-state index in [1.165, 1.54) is 0 Å². The first kappa shape index (κ1) is 13.0. The number of hydrogen-bond acceptors (Lipinski definition) is 2. The highest BCUT2D eigenvalue weighted by atomic mass is 35.5. The third-order valence-electron chi connectivity index (χ3n) is 1.95. The van der Waals surface area contributed by atoms with E-state index in [0.717, 1.165) is 5.56 Å². The zero-order chi connectivity index (χ0) is 12.1. The highest BCUT2D eigenvalue weighted by Gasteiger charge is 2.06. The number of aryl methyl sites for hydroxylation is 1. The molecule has 0 bridgehead atoms. The molecule has 0 radical (unpaired) electrons. The van der Waals surface area contributed by atoms with Gasteiger partial charge in [0.25, 0.3) is 0 Å². The summed E-state index contributed by atoms with van der Waals surface area (Å²) >= 11 is 5.98. The molecule has 1 amide bonds. The van der Waals surface area contributed by atoms with Crippen LogP contribution in [0.5, 0.6) is 0 Å². The van der Waals surface area contributed by atoms with Gasteiger partial charge in [-0.1, -0.05) is 17.7 Å². The minimum Gasteiger partial charge on any atom is -0.369 e. The number of rotatable bonds is 4. The molecule has 0 unspecified atom stereocenters. The summed E-state index contributed by atoms with van der Waals surface area (Å²) < 4.78 is 5.18. The number of nitrogens with one attached hydrogen (secondary N) is 1. The van der Waals surface area contributed by atoms with Gasteiger partial charge in [0.15, 0.2) is 0 Å². The molecule has 1 rings (SSSR count). The van der Waals surface area contributed by atoms with Crippen LogP contribution in [0.2, 0.25) is 5.02 Å². The number of amides is 1. The summed E-state index contributed by atoms with van der Waals surface area (Å²) in [7, 11) is 0. The van der Waals surface area contributed by atoms with Crippen molar-refractivity contribution < 1.29 is 9.53 Å². The second-order valence-corrected chi connectivity index (χ2v) is 4.30. The number of ether oxygens (including phenoxy) is 1. The van der Waals surface area contributed by atoms with Crippen molar-refractivity contribution in [2.75, 3.05) is 11.9 Å². The van der Waals surface area contributed by atoms with Crippen LogP contribution in [0.25, 0.3) is 0 Å². The molecule has 4 heteroatoms. The van der Waals surface area contributed by atoms with E-state index < -0.39 is 0 Å². The van der Waals surface area contributed by atoms with Crippen molar-refractivity contribution in [3.63, 3.8) is 0 Å². The molecule has 1 N–H and O–H groups in total. The van der Waals surface area contributed by atoms with Crippen molar-refractivity contribution in [2.45, 2.75) is 26.9 Å². The summed E-state index contributed by atoms with van der Waals surface area (Å²) in [5.74, 6) is -0.195. The number of benzene rings is 1. The second-order valence-electron chi connectivity index (χ2n) is 3.89. The first-order valence-corrected chi connectivity index (χ1v) is 5.54. The molecular formula is C12H16ClNO2. The molecule has 0 aliphatic rings. The molecule has 1 aromatic carbocycles. The van der Waals surface area contributed by atoms with Crippen LogP contribution < -0.4 is 5.32 Å². The molecule has 3 nitrogen and oxygen atoms in total. The fourth-order valence-electron chi connectivity index (χ4n) is 1.15. The summed E-state index contributed by atoms with van der Waals surface area (Å²) in [5.41, 5.74) is 1.67. The minimum atomic E-state index is -0.195. The van der Waals surface area contributed by atoms with Gasteiger partial charge < -0.3 is 10.1 Å². The zero-order valence-corrected chi connectivity index (χ0v) is 10.5. The summed E-state index contributed by atoms with van der Waals surface area (Å²) in [6.45, 7) is 5.75. The largest absolute Gasteiger partial charge is 0.369 e. The Labute approximate surface area is 101 Å². The van der Waals surface area contributed by atoms with E-state index in [2.05, 4.69) is 5.32 Å². The average molecular weight is 242 g/mol. The van der Waals surface area contributed by atoms with Gasteiger partial charge >= 0.3 is 0 Å². The lowest BCUT2D eigenvalue weighted by Gasteiger charge is -2.09. The van der Waals surface area contributed by atoms with Gasteiger partial charge in [-0.15, -0.1) is 0 Å². The highest BCUT2D eigenvalue weighted by molar-refractivity contribution is 6.33. The van der Waals surface area contributed by atoms with E-state index in [0.29, 0.717) is 10.7 Å². The Bertz CT molecular complexity index is 377. The molecule has 0 aliphatic carbocycles. The quantitative estimate of drug-likeness (QED) is 0.880. The van der Waals surface area contributed by atoms with E-state index >= 15 is 0 Å². The summed E-state index contributed by atoms with van der Waals surface area (Å²) in [6.07, 6.45) is 0.0410. The summed E-state index contributed by atoms with van der Waals surface area (Å²) in [5, 5.41) is 3.24. The number of halogens is 1. The van der Waals surface area contributed by atoms with Gasteiger partial charge in [0.2, 0.25) is 5.91 Å². The van der Waals surface area contributed by atoms with Gasteiger partial charge in [-0.25, -0.2) is 0 Å². The fraction of sp³-hybridized carbons (Fsp3) is 0.417. The smallest absolute Gasteiger partial charge is 0.250 e. The van der Waals surface area contributed by atoms with Gasteiger partial charge in [0.05, 0.1) is 16.8 Å². The van der Waals surface area contributed by atoms with Gasteiger partial charge in [0.1, 0.15) is 6.61 Å². The van der Waals surface area contributed by atoms with Crippen LogP contribution in [0.3, 0.4) is 0 Å². The maximum absolute atomic E-state index is 11.5. The Kier molecular flexibility index (Phi) is 4.77. The van der Waals surface area contributed by atoms with E-state index in [1.807, 2.05) is 26.8 Å². The summed E-state index contributed by atoms with van der Waals surface area (Å²) in [4.78, 5) is 11.5. The van der Waals surface area contributed by atoms with Gasteiger partial charge in [-0.2, -0.15) is 0 Å². The second kappa shape index (κ2) is 5.87. The van der Waals surface area contributed by atoms with Gasteiger partial charge in [0, 0.05) is 0 Å². The van der Waals surface area contributed by atoms with Crippen LogP contribution in [0, 0.1) is 6.92 Å². The Balaban J connectivity index is 2.56. The molecule has 0 atom stereocenters. The normalized spacial score (nSPS) is 10.6. The monoisotopic (exact) mass is 241 g/mol. The SMILES string of the molecule is Cc1ccc(NC(=O)COC(C)C)c(Cl)c1. The third-order valence-corrected chi connectivity index (χ3v) is 2.26. The molecule has 1 aromatic rings. The van der Waals surface area contributed by atoms with Crippen LogP contribution in [0.1, 0.15) is 19.4 Å². The molecule has 16 heavy (non-hydrogen) atoms. The Hall–Kier alpha value is -1.06. The molecular weight excluding hydrogens is 226 g/mol. The molecule has 88 valence electrons. The van der Waals surface area contributed by atoms with Gasteiger partial charge in [-0.3, -0.25) is 4.79 Å². The van der Waals surface area contributed by atoms with Crippen molar-refractivity contribution in [3.05, 3.63) is 28.8 Å². The molecule has 0 heterocycles. The zero-order valence-electron chi connectivity index (χ0n) is 9.71. The molecule has 0 aromatic heterocycles. The van der Waals surface area contributed by atoms with Crippen molar-refractivity contribution in [2.24, 2.45) is 0 Å². The minimum absolute atomic E-state index is 0.0410. The van der Waals surface area contributed by atoms with Crippen LogP contribution in [-0.2, 0) is 9.53 Å². The van der Waals surface area contributed by atoms with E-state index in [9.17, 15) is 4.79 Å². The summed E-state index contributed by atoms with van der Waals surface area (Å²) in [6, 6.07) is 5.48. The third kappa shape index (κ3) is 4.21. The number of carbonyl (C=O) groups excluding carboxylic acids is 1. The van der Waals surface area contributed by atoms with E-state index in [4.69, 9.17) is 16.3 Å². The number of hydrogen-bond donors (Lipinski definition) is 1. The number of anilines is 1. The average Bonchev–Trinajstić information content (AvgIpc) is 2.19. The predicted octanol–water partition coefficient (Wildman–Crippen LogP) is 3.01. The fourth-order valence-corrected chi connectivity index (χ4v) is 1.43. The molecule has 0 aliphatic heterocycles. The molecule has 0 saturated heterocycles. The van der Waals surface area contributed by atoms with E-state index in [1.54, 1.807) is 12.1 Å². The molecule has 0 saturated carbocycles. The van der Waals surface area contributed by atoms with Crippen molar-refractivity contribution in [3.8, 4) is 0 Å². The van der Waals surface area contributed by atoms with Crippen molar-refractivity contribution in [1.29, 1.82) is 0 Å². The topological polar surface area (TPSA) is 38.3 Å². The Morgan fingerprint density at radius 3 is 2.75 bits per heavy atom. The maximum Gasteiger partial charge on any atom is 0.250 e. The lowest BCUT2D eigenvalue weighted by Crippen LogP contribution is -2.20. The number of carbonyl (C=O) groups is 1.